The Kier molecular flexibility index (Phi) is 5.13. The highest BCUT2D eigenvalue weighted by Crippen LogP contribution is 2.35. The Labute approximate surface area is 129 Å². The standard InChI is InChI=1S/C16H22F2N2O2/c1-12-2-4-13(5-3-12)15(6-8-22-9-7-15)14(21)20-11-16(17,18)10-19/h2-5H,6-11,19H2,1H3,(H,20,21). The van der Waals surface area contributed by atoms with Crippen LogP contribution in [-0.2, 0) is 14.9 Å². The number of benzene rings is 1. The van der Waals surface area contributed by atoms with Gasteiger partial charge in [0, 0.05) is 13.2 Å². The van der Waals surface area contributed by atoms with Gasteiger partial charge in [-0.2, -0.15) is 0 Å². The summed E-state index contributed by atoms with van der Waals surface area (Å²) in [4.78, 5) is 12.6. The molecule has 1 aliphatic rings. The first kappa shape index (κ1) is 16.8. The molecule has 2 rings (SSSR count). The minimum absolute atomic E-state index is 0.382. The predicted octanol–water partition coefficient (Wildman–Crippen LogP) is 1.75. The molecule has 0 radical (unpaired) electrons. The lowest BCUT2D eigenvalue weighted by Gasteiger charge is -2.36. The van der Waals surface area contributed by atoms with Crippen LogP contribution >= 0.6 is 0 Å². The Bertz CT molecular complexity index is 511. The molecular weight excluding hydrogens is 290 g/mol. The number of amides is 1. The fraction of sp³-hybridized carbons (Fsp3) is 0.562. The Balaban J connectivity index is 2.21. The van der Waals surface area contributed by atoms with E-state index < -0.39 is 24.4 Å². The van der Waals surface area contributed by atoms with Crippen LogP contribution in [-0.4, -0.2) is 38.1 Å². The quantitative estimate of drug-likeness (QED) is 0.871. The maximum atomic E-state index is 13.3. The van der Waals surface area contributed by atoms with E-state index in [1.807, 2.05) is 31.2 Å². The summed E-state index contributed by atoms with van der Waals surface area (Å²) in [6.07, 6.45) is 0.964. The van der Waals surface area contributed by atoms with Crippen LogP contribution in [0.2, 0.25) is 0 Å². The van der Waals surface area contributed by atoms with E-state index in [0.29, 0.717) is 26.1 Å². The molecular formula is C16H22F2N2O2. The summed E-state index contributed by atoms with van der Waals surface area (Å²) in [5, 5.41) is 2.37. The largest absolute Gasteiger partial charge is 0.381 e. The topological polar surface area (TPSA) is 64.4 Å². The molecule has 1 aromatic rings. The maximum absolute atomic E-state index is 13.3. The number of alkyl halides is 2. The van der Waals surface area contributed by atoms with E-state index in [4.69, 9.17) is 10.5 Å². The van der Waals surface area contributed by atoms with Crippen molar-refractivity contribution in [1.29, 1.82) is 0 Å². The van der Waals surface area contributed by atoms with Crippen LogP contribution in [0.15, 0.2) is 24.3 Å². The molecule has 122 valence electrons. The minimum atomic E-state index is -3.09. The number of ether oxygens (including phenoxy) is 1. The molecule has 0 atom stereocenters. The van der Waals surface area contributed by atoms with Crippen LogP contribution in [0.25, 0.3) is 0 Å². The molecule has 6 heteroatoms. The molecule has 0 spiro atoms. The zero-order valence-corrected chi connectivity index (χ0v) is 12.7. The van der Waals surface area contributed by atoms with Gasteiger partial charge in [0.15, 0.2) is 0 Å². The Morgan fingerprint density at radius 1 is 1.32 bits per heavy atom. The van der Waals surface area contributed by atoms with Crippen molar-refractivity contribution >= 4 is 5.91 Å². The average Bonchev–Trinajstić information content (AvgIpc) is 2.54. The number of rotatable bonds is 5. The highest BCUT2D eigenvalue weighted by molar-refractivity contribution is 5.88. The van der Waals surface area contributed by atoms with Crippen LogP contribution in [0.5, 0.6) is 0 Å². The molecule has 0 bridgehead atoms. The Morgan fingerprint density at radius 3 is 2.45 bits per heavy atom. The zero-order chi connectivity index (χ0) is 16.2. The third-order valence-electron chi connectivity index (χ3n) is 4.19. The number of nitrogens with two attached hydrogens (primary N) is 1. The molecule has 1 amide bonds. The van der Waals surface area contributed by atoms with Gasteiger partial charge < -0.3 is 15.8 Å². The van der Waals surface area contributed by atoms with Crippen molar-refractivity contribution in [1.82, 2.24) is 5.32 Å². The fourth-order valence-corrected chi connectivity index (χ4v) is 2.69. The molecule has 0 saturated carbocycles. The second-order valence-electron chi connectivity index (χ2n) is 5.80. The number of hydrogen-bond acceptors (Lipinski definition) is 3. The summed E-state index contributed by atoms with van der Waals surface area (Å²) in [5.74, 6) is -3.47. The summed E-state index contributed by atoms with van der Waals surface area (Å²) in [5.41, 5.74) is 6.13. The molecule has 3 N–H and O–H groups in total. The van der Waals surface area contributed by atoms with E-state index in [1.165, 1.54) is 0 Å². The average molecular weight is 312 g/mol. The van der Waals surface area contributed by atoms with Gasteiger partial charge in [0.05, 0.1) is 18.5 Å². The summed E-state index contributed by atoms with van der Waals surface area (Å²) < 4.78 is 31.9. The lowest BCUT2D eigenvalue weighted by atomic mass is 9.73. The first-order chi connectivity index (χ1) is 10.4. The molecule has 0 aromatic heterocycles. The van der Waals surface area contributed by atoms with Crippen molar-refractivity contribution < 1.29 is 18.3 Å². The van der Waals surface area contributed by atoms with E-state index in [2.05, 4.69) is 5.32 Å². The van der Waals surface area contributed by atoms with E-state index in [1.54, 1.807) is 0 Å². The third kappa shape index (κ3) is 3.62. The second kappa shape index (κ2) is 6.71. The fourth-order valence-electron chi connectivity index (χ4n) is 2.69. The van der Waals surface area contributed by atoms with Crippen molar-refractivity contribution in [3.05, 3.63) is 35.4 Å². The van der Waals surface area contributed by atoms with Gasteiger partial charge in [-0.1, -0.05) is 29.8 Å². The Hall–Kier alpha value is -1.53. The second-order valence-corrected chi connectivity index (χ2v) is 5.80. The van der Waals surface area contributed by atoms with Crippen LogP contribution in [0, 0.1) is 6.92 Å². The predicted molar refractivity (Wildman–Crippen MR) is 79.9 cm³/mol. The van der Waals surface area contributed by atoms with Crippen LogP contribution in [0.4, 0.5) is 8.78 Å². The van der Waals surface area contributed by atoms with Gasteiger partial charge in [0.2, 0.25) is 5.91 Å². The van der Waals surface area contributed by atoms with Crippen LogP contribution in [0.1, 0.15) is 24.0 Å². The summed E-state index contributed by atoms with van der Waals surface area (Å²) in [7, 11) is 0. The van der Waals surface area contributed by atoms with Crippen LogP contribution < -0.4 is 11.1 Å². The molecule has 1 heterocycles. The third-order valence-corrected chi connectivity index (χ3v) is 4.19. The van der Waals surface area contributed by atoms with Crippen molar-refractivity contribution in [3.63, 3.8) is 0 Å². The first-order valence-electron chi connectivity index (χ1n) is 7.41. The number of hydrogen-bond donors (Lipinski definition) is 2. The van der Waals surface area contributed by atoms with Crippen LogP contribution in [0.3, 0.4) is 0 Å². The van der Waals surface area contributed by atoms with Gasteiger partial charge in [0.1, 0.15) is 0 Å². The van der Waals surface area contributed by atoms with Gasteiger partial charge in [-0.25, -0.2) is 8.78 Å². The van der Waals surface area contributed by atoms with E-state index >= 15 is 0 Å². The summed E-state index contributed by atoms with van der Waals surface area (Å²) in [6, 6.07) is 7.63. The van der Waals surface area contributed by atoms with Gasteiger partial charge in [-0.3, -0.25) is 4.79 Å². The number of nitrogens with one attached hydrogen (secondary N) is 1. The van der Waals surface area contributed by atoms with Crippen molar-refractivity contribution in [2.75, 3.05) is 26.3 Å². The van der Waals surface area contributed by atoms with Crippen molar-refractivity contribution in [2.24, 2.45) is 5.73 Å². The lowest BCUT2D eigenvalue weighted by Crippen LogP contribution is -2.51. The smallest absolute Gasteiger partial charge is 0.277 e. The van der Waals surface area contributed by atoms with Gasteiger partial charge in [0.25, 0.3) is 5.92 Å². The normalized spacial score (nSPS) is 18.0. The van der Waals surface area contributed by atoms with Crippen molar-refractivity contribution in [2.45, 2.75) is 31.1 Å². The number of carbonyl (C=O) groups is 1. The van der Waals surface area contributed by atoms with E-state index in [-0.39, 0.29) is 5.91 Å². The summed E-state index contributed by atoms with van der Waals surface area (Å²) >= 11 is 0. The maximum Gasteiger partial charge on any atom is 0.277 e. The summed E-state index contributed by atoms with van der Waals surface area (Å²) in [6.45, 7) is 1.32. The zero-order valence-electron chi connectivity index (χ0n) is 12.7. The SMILES string of the molecule is Cc1ccc(C2(C(=O)NCC(F)(F)CN)CCOCC2)cc1. The van der Waals surface area contributed by atoms with Gasteiger partial charge in [-0.05, 0) is 25.3 Å². The number of carbonyl (C=O) groups excluding carboxylic acids is 1. The first-order valence-corrected chi connectivity index (χ1v) is 7.41. The molecule has 4 nitrogen and oxygen atoms in total. The molecule has 1 aliphatic heterocycles. The molecule has 1 aromatic carbocycles. The molecule has 0 aliphatic carbocycles. The molecule has 0 unspecified atom stereocenters. The lowest BCUT2D eigenvalue weighted by molar-refractivity contribution is -0.132. The van der Waals surface area contributed by atoms with Gasteiger partial charge in [-0.15, -0.1) is 0 Å². The molecule has 1 saturated heterocycles. The minimum Gasteiger partial charge on any atom is -0.381 e. The van der Waals surface area contributed by atoms with E-state index in [9.17, 15) is 13.6 Å². The van der Waals surface area contributed by atoms with Gasteiger partial charge >= 0.3 is 0 Å². The Morgan fingerprint density at radius 2 is 1.91 bits per heavy atom. The molecule has 1 fully saturated rings. The monoisotopic (exact) mass is 312 g/mol. The number of halogens is 2. The van der Waals surface area contributed by atoms with Crippen molar-refractivity contribution in [3.8, 4) is 0 Å². The highest BCUT2D eigenvalue weighted by Gasteiger charge is 2.42. The molecule has 22 heavy (non-hydrogen) atoms. The number of aryl methyl sites for hydroxylation is 1. The highest BCUT2D eigenvalue weighted by atomic mass is 19.3. The van der Waals surface area contributed by atoms with E-state index in [0.717, 1.165) is 11.1 Å².